The van der Waals surface area contributed by atoms with E-state index in [-0.39, 0.29) is 28.6 Å². The maximum absolute atomic E-state index is 12.8. The lowest BCUT2D eigenvalue weighted by molar-refractivity contribution is -0.137. The van der Waals surface area contributed by atoms with Crippen LogP contribution in [0.25, 0.3) is 5.57 Å². The summed E-state index contributed by atoms with van der Waals surface area (Å²) in [6, 6.07) is 11.6. The number of alkyl halides is 3. The van der Waals surface area contributed by atoms with Crippen molar-refractivity contribution in [3.8, 4) is 0 Å². The number of hydrogen-bond acceptors (Lipinski definition) is 5. The molecule has 0 fully saturated rings. The van der Waals surface area contributed by atoms with Crippen molar-refractivity contribution >= 4 is 28.2 Å². The molecule has 8 heteroatoms. The molecule has 0 spiro atoms. The SMILES string of the molecule is CSC(=O)C(=CO)c1ccccc1CON=C(C)c1cccc(C(F)(F)F)c1. The molecule has 0 saturated carbocycles. The van der Waals surface area contributed by atoms with Crippen LogP contribution in [0.15, 0.2) is 59.9 Å². The van der Waals surface area contributed by atoms with E-state index < -0.39 is 11.7 Å². The van der Waals surface area contributed by atoms with Crippen LogP contribution in [0.3, 0.4) is 0 Å². The van der Waals surface area contributed by atoms with Crippen molar-refractivity contribution in [2.24, 2.45) is 5.16 Å². The van der Waals surface area contributed by atoms with Crippen molar-refractivity contribution in [3.05, 3.63) is 77.0 Å². The molecule has 148 valence electrons. The molecule has 0 heterocycles. The van der Waals surface area contributed by atoms with Crippen LogP contribution in [-0.2, 0) is 22.4 Å². The van der Waals surface area contributed by atoms with E-state index in [1.54, 1.807) is 30.5 Å². The minimum absolute atomic E-state index is 0.0223. The molecule has 0 unspecified atom stereocenters. The highest BCUT2D eigenvalue weighted by Gasteiger charge is 2.30. The van der Waals surface area contributed by atoms with Crippen LogP contribution in [-0.4, -0.2) is 22.2 Å². The average Bonchev–Trinajstić information content (AvgIpc) is 2.68. The number of nitrogens with zero attached hydrogens (tertiary/aromatic N) is 1. The van der Waals surface area contributed by atoms with Gasteiger partial charge in [0.15, 0.2) is 0 Å². The highest BCUT2D eigenvalue weighted by molar-refractivity contribution is 8.14. The van der Waals surface area contributed by atoms with E-state index in [4.69, 9.17) is 4.84 Å². The Balaban J connectivity index is 2.18. The van der Waals surface area contributed by atoms with Crippen molar-refractivity contribution in [3.63, 3.8) is 0 Å². The van der Waals surface area contributed by atoms with E-state index in [0.717, 1.165) is 30.2 Å². The van der Waals surface area contributed by atoms with Gasteiger partial charge in [0.1, 0.15) is 6.61 Å². The minimum atomic E-state index is -4.44. The quantitative estimate of drug-likeness (QED) is 0.299. The Morgan fingerprint density at radius 1 is 1.21 bits per heavy atom. The van der Waals surface area contributed by atoms with Crippen LogP contribution >= 0.6 is 11.8 Å². The summed E-state index contributed by atoms with van der Waals surface area (Å²) in [7, 11) is 0. The smallest absolute Gasteiger partial charge is 0.416 e. The van der Waals surface area contributed by atoms with Gasteiger partial charge < -0.3 is 9.94 Å². The largest absolute Gasteiger partial charge is 0.515 e. The van der Waals surface area contributed by atoms with Crippen LogP contribution in [0.4, 0.5) is 13.2 Å². The molecule has 0 amide bonds. The summed E-state index contributed by atoms with van der Waals surface area (Å²) < 4.78 is 38.5. The van der Waals surface area contributed by atoms with Crippen LogP contribution in [0.5, 0.6) is 0 Å². The van der Waals surface area contributed by atoms with E-state index in [0.29, 0.717) is 11.1 Å². The first-order valence-corrected chi connectivity index (χ1v) is 9.35. The standard InChI is InChI=1S/C20H18F3NO3S/c1-13(14-7-5-8-16(10-14)20(21,22)23)24-27-12-15-6-3-4-9-17(15)18(11-25)19(26)28-2/h3-11,25H,12H2,1-2H3. The molecule has 0 atom stereocenters. The Labute approximate surface area is 164 Å². The Hall–Kier alpha value is -2.74. The zero-order valence-corrected chi connectivity index (χ0v) is 16.0. The van der Waals surface area contributed by atoms with Crippen LogP contribution in [0, 0.1) is 0 Å². The number of carbonyl (C=O) groups excluding carboxylic acids is 1. The predicted molar refractivity (Wildman–Crippen MR) is 104 cm³/mol. The molecule has 2 aromatic carbocycles. The van der Waals surface area contributed by atoms with Crippen molar-refractivity contribution in [2.75, 3.05) is 6.26 Å². The minimum Gasteiger partial charge on any atom is -0.515 e. The average molecular weight is 409 g/mol. The Morgan fingerprint density at radius 3 is 2.57 bits per heavy atom. The third kappa shape index (κ3) is 5.39. The second kappa shape index (κ2) is 9.45. The number of thioether (sulfide) groups is 1. The lowest BCUT2D eigenvalue weighted by Gasteiger charge is -2.11. The number of oxime groups is 1. The predicted octanol–water partition coefficient (Wildman–Crippen LogP) is 5.43. The normalized spacial score (nSPS) is 12.8. The Morgan fingerprint density at radius 2 is 1.93 bits per heavy atom. The summed E-state index contributed by atoms with van der Waals surface area (Å²) >= 11 is 0.963. The summed E-state index contributed by atoms with van der Waals surface area (Å²) in [6.07, 6.45) is -2.09. The maximum Gasteiger partial charge on any atom is 0.416 e. The van der Waals surface area contributed by atoms with Gasteiger partial charge in [0.2, 0.25) is 5.12 Å². The fraction of sp³-hybridized carbons (Fsp3) is 0.200. The van der Waals surface area contributed by atoms with Gasteiger partial charge in [-0.2, -0.15) is 13.2 Å². The molecular formula is C20H18F3NO3S. The highest BCUT2D eigenvalue weighted by atomic mass is 32.2. The summed E-state index contributed by atoms with van der Waals surface area (Å²) in [4.78, 5) is 17.2. The van der Waals surface area contributed by atoms with Crippen molar-refractivity contribution in [2.45, 2.75) is 19.7 Å². The molecule has 0 aliphatic rings. The van der Waals surface area contributed by atoms with E-state index in [1.807, 2.05) is 0 Å². The molecule has 1 N–H and O–H groups in total. The second-order valence-corrected chi connectivity index (χ2v) is 6.50. The highest BCUT2D eigenvalue weighted by Crippen LogP contribution is 2.29. The van der Waals surface area contributed by atoms with Crippen molar-refractivity contribution in [1.29, 1.82) is 0 Å². The van der Waals surface area contributed by atoms with Gasteiger partial charge in [-0.05, 0) is 36.4 Å². The molecular weight excluding hydrogens is 391 g/mol. The van der Waals surface area contributed by atoms with E-state index in [1.165, 1.54) is 19.1 Å². The molecule has 0 radical (unpaired) electrons. The van der Waals surface area contributed by atoms with Crippen LogP contribution in [0.1, 0.15) is 29.2 Å². The fourth-order valence-electron chi connectivity index (χ4n) is 2.42. The Kier molecular flexibility index (Phi) is 7.28. The summed E-state index contributed by atoms with van der Waals surface area (Å²) in [5, 5.41) is 13.0. The first-order chi connectivity index (χ1) is 13.3. The molecule has 0 aromatic heterocycles. The number of aliphatic hydroxyl groups is 1. The monoisotopic (exact) mass is 409 g/mol. The van der Waals surface area contributed by atoms with Gasteiger partial charge in [0.25, 0.3) is 0 Å². The molecule has 2 aromatic rings. The summed E-state index contributed by atoms with van der Waals surface area (Å²) in [6.45, 7) is 1.52. The van der Waals surface area contributed by atoms with Gasteiger partial charge in [0.05, 0.1) is 23.1 Å². The third-order valence-corrected chi connectivity index (χ3v) is 4.46. The zero-order valence-electron chi connectivity index (χ0n) is 15.2. The third-order valence-electron chi connectivity index (χ3n) is 3.87. The molecule has 0 aliphatic carbocycles. The lowest BCUT2D eigenvalue weighted by atomic mass is 10.0. The number of benzene rings is 2. The van der Waals surface area contributed by atoms with Crippen molar-refractivity contribution < 1.29 is 27.9 Å². The van der Waals surface area contributed by atoms with Crippen LogP contribution in [0.2, 0.25) is 0 Å². The molecule has 0 aliphatic heterocycles. The number of hydrogen-bond donors (Lipinski definition) is 1. The summed E-state index contributed by atoms with van der Waals surface area (Å²) in [5.74, 6) is 0. The van der Waals surface area contributed by atoms with Gasteiger partial charge in [-0.3, -0.25) is 4.79 Å². The second-order valence-electron chi connectivity index (χ2n) is 5.72. The van der Waals surface area contributed by atoms with Gasteiger partial charge in [-0.1, -0.05) is 53.3 Å². The summed E-state index contributed by atoms with van der Waals surface area (Å²) in [5.41, 5.74) is 1.03. The number of halogens is 3. The number of aliphatic hydroxyl groups excluding tert-OH is 1. The van der Waals surface area contributed by atoms with Gasteiger partial charge in [-0.15, -0.1) is 0 Å². The first kappa shape index (κ1) is 21.6. The maximum atomic E-state index is 12.8. The lowest BCUT2D eigenvalue weighted by Crippen LogP contribution is -2.07. The zero-order chi connectivity index (χ0) is 20.7. The number of rotatable bonds is 6. The van der Waals surface area contributed by atoms with E-state index in [2.05, 4.69) is 5.16 Å². The van der Waals surface area contributed by atoms with Gasteiger partial charge in [-0.25, -0.2) is 0 Å². The Bertz CT molecular complexity index is 908. The fourth-order valence-corrected chi connectivity index (χ4v) is 2.81. The van der Waals surface area contributed by atoms with Crippen LogP contribution < -0.4 is 0 Å². The van der Waals surface area contributed by atoms with E-state index >= 15 is 0 Å². The molecule has 2 rings (SSSR count). The molecule has 28 heavy (non-hydrogen) atoms. The van der Waals surface area contributed by atoms with Crippen molar-refractivity contribution in [1.82, 2.24) is 0 Å². The molecule has 4 nitrogen and oxygen atoms in total. The van der Waals surface area contributed by atoms with Gasteiger partial charge in [0, 0.05) is 5.56 Å². The molecule has 0 saturated heterocycles. The molecule has 0 bridgehead atoms. The number of carbonyl (C=O) groups is 1. The topological polar surface area (TPSA) is 58.9 Å². The van der Waals surface area contributed by atoms with Gasteiger partial charge >= 0.3 is 6.18 Å². The van der Waals surface area contributed by atoms with E-state index in [9.17, 15) is 23.1 Å². The first-order valence-electron chi connectivity index (χ1n) is 8.13.